The van der Waals surface area contributed by atoms with E-state index in [-0.39, 0.29) is 0 Å². The predicted octanol–water partition coefficient (Wildman–Crippen LogP) is 34.0. The van der Waals surface area contributed by atoms with Crippen molar-refractivity contribution in [3.63, 3.8) is 0 Å². The summed E-state index contributed by atoms with van der Waals surface area (Å²) in [6.07, 6.45) is 116. The van der Waals surface area contributed by atoms with E-state index < -0.39 is 0 Å². The van der Waals surface area contributed by atoms with Crippen molar-refractivity contribution >= 4 is 0 Å². The van der Waals surface area contributed by atoms with Crippen LogP contribution >= 0.6 is 0 Å². The molecule has 726 valence electrons. The Labute approximate surface area is 783 Å². The molecule has 16 rings (SSSR count). The zero-order chi connectivity index (χ0) is 86.5. The molecule has 6 nitrogen and oxygen atoms in total. The Balaban J connectivity index is 0.869. The quantitative estimate of drug-likeness (QED) is 0.0565. The molecule has 18 atom stereocenters. The molecule has 0 bridgehead atoms. The SMILES string of the molecule is CCCCCCCCC1CCC(N(C2CCC(C)CC2)C2CC(N(C3CCC(C)CC3)C3CCC(CCCCCCCC)CC3)C3C(OC4CCC5CCCCC5C4)CC4C5C3C2CC(OC2CCC3CCCCC3C2)C5C(N(C2CCC(C)CC2)C2CCC(CCCCCCCC)CC2)CC4N(C2CCC(C)CC2)C2CCC(CCCCCCCC)CC2)CC1. The first-order chi connectivity index (χ1) is 62.0. The van der Waals surface area contributed by atoms with E-state index in [0.717, 1.165) is 119 Å². The summed E-state index contributed by atoms with van der Waals surface area (Å²) in [6.45, 7) is 20.5. The van der Waals surface area contributed by atoms with Gasteiger partial charge in [-0.1, -0.05) is 287 Å². The van der Waals surface area contributed by atoms with Gasteiger partial charge in [0.15, 0.2) is 0 Å². The fraction of sp³-hybridized carbons (Fsp3) is 1.00. The standard InChI is InChI=1S/C120H214N4O2/c1-9-13-17-21-25-29-37-91-53-71-103(72-54-91)121(99-63-45-87(5)46-64-99)111-85-113(123(101-67-49-89(7)50-68-101)105-75-57-93(58-76-105)39-31-27-23-19-15-11-3)119-116(126-108-80-62-96-42-34-36-44-98(96)82-108)84-110-112(122(100-65-47-88(6)48-66-100)104-73-55-92(56-74-104)38-30-26-22-18-14-10-2)86-114(120-115(83-109(111)117(119)118(110)120)125-107-79-61-95-41-33-35-43-97(95)81-107)124(102-69-51-90(8)52-70-102)106-77-59-94(60-78-106)40-32-28-24-20-16-12-4/h87-120H,9-86H2,1-8H3. The van der Waals surface area contributed by atoms with Crippen molar-refractivity contribution in [1.29, 1.82) is 0 Å². The number of unbranched alkanes of at least 4 members (excludes halogenated alkanes) is 20. The van der Waals surface area contributed by atoms with E-state index in [2.05, 4.69) is 75.0 Å². The van der Waals surface area contributed by atoms with Crippen LogP contribution in [-0.2, 0) is 9.47 Å². The summed E-state index contributed by atoms with van der Waals surface area (Å²) in [6, 6.07) is 8.47. The summed E-state index contributed by atoms with van der Waals surface area (Å²) in [7, 11) is 0. The van der Waals surface area contributed by atoms with Gasteiger partial charge in [-0.2, -0.15) is 0 Å². The van der Waals surface area contributed by atoms with Gasteiger partial charge in [-0.15, -0.1) is 0 Å². The lowest BCUT2D eigenvalue weighted by molar-refractivity contribution is -0.265. The van der Waals surface area contributed by atoms with Crippen LogP contribution in [0.4, 0.5) is 0 Å². The monoisotopic (exact) mass is 1740 g/mol. The third-order valence-corrected chi connectivity index (χ3v) is 42.7. The first-order valence-electron chi connectivity index (χ1n) is 60.4. The lowest BCUT2D eigenvalue weighted by Crippen LogP contribution is -2.76. The second kappa shape index (κ2) is 50.9. The summed E-state index contributed by atoms with van der Waals surface area (Å²) in [5.41, 5.74) is 0. The van der Waals surface area contributed by atoms with Gasteiger partial charge in [0.05, 0.1) is 24.4 Å². The summed E-state index contributed by atoms with van der Waals surface area (Å²) in [5.74, 6) is 15.1. The van der Waals surface area contributed by atoms with Gasteiger partial charge in [-0.3, -0.25) is 19.6 Å². The molecule has 6 heteroatoms. The minimum absolute atomic E-state index is 0.378. The summed E-state index contributed by atoms with van der Waals surface area (Å²) in [5, 5.41) is 0. The topological polar surface area (TPSA) is 31.4 Å². The number of hydrogen-bond acceptors (Lipinski definition) is 6. The molecule has 18 unspecified atom stereocenters. The first kappa shape index (κ1) is 98.8. The smallest absolute Gasteiger partial charge is 0.0628 e. The van der Waals surface area contributed by atoms with Gasteiger partial charge in [-0.05, 0) is 364 Å². The maximum absolute atomic E-state index is 9.14. The molecule has 0 N–H and O–H groups in total. The lowest BCUT2D eigenvalue weighted by atomic mass is 9.43. The van der Waals surface area contributed by atoms with Gasteiger partial charge in [0, 0.05) is 84.3 Å². The van der Waals surface area contributed by atoms with E-state index in [4.69, 9.17) is 9.47 Å². The largest absolute Gasteiger partial charge is 0.375 e. The van der Waals surface area contributed by atoms with Crippen LogP contribution in [0.3, 0.4) is 0 Å². The number of ether oxygens (including phenoxy) is 2. The Bertz CT molecular complexity index is 2730. The Morgan fingerprint density at radius 3 is 0.690 bits per heavy atom. The predicted molar refractivity (Wildman–Crippen MR) is 538 cm³/mol. The highest BCUT2D eigenvalue weighted by molar-refractivity contribution is 5.21. The van der Waals surface area contributed by atoms with Crippen molar-refractivity contribution in [2.75, 3.05) is 0 Å². The van der Waals surface area contributed by atoms with E-state index >= 15 is 0 Å². The molecular formula is C120H214N4O2. The van der Waals surface area contributed by atoms with E-state index in [1.807, 2.05) is 0 Å². The van der Waals surface area contributed by atoms with Gasteiger partial charge in [-0.25, -0.2) is 0 Å². The van der Waals surface area contributed by atoms with Crippen molar-refractivity contribution in [3.8, 4) is 0 Å². The summed E-state index contributed by atoms with van der Waals surface area (Å²) < 4.78 is 18.3. The Morgan fingerprint density at radius 2 is 0.429 bits per heavy atom. The highest BCUT2D eigenvalue weighted by Gasteiger charge is 2.69. The van der Waals surface area contributed by atoms with Crippen LogP contribution in [0.15, 0.2) is 0 Å². The molecule has 0 radical (unpaired) electrons. The molecule has 0 saturated heterocycles. The van der Waals surface area contributed by atoms with Crippen molar-refractivity contribution in [3.05, 3.63) is 0 Å². The van der Waals surface area contributed by atoms with Gasteiger partial charge >= 0.3 is 0 Å². The third-order valence-electron chi connectivity index (χ3n) is 42.7. The fourth-order valence-electron chi connectivity index (χ4n) is 35.6. The minimum atomic E-state index is 0.378. The average Bonchev–Trinajstić information content (AvgIpc) is 0.686. The number of nitrogens with zero attached hydrogens (tertiary/aromatic N) is 4. The van der Waals surface area contributed by atoms with Crippen molar-refractivity contribution in [2.45, 2.75) is 653 Å². The third kappa shape index (κ3) is 26.0. The van der Waals surface area contributed by atoms with E-state index in [0.29, 0.717) is 84.1 Å². The van der Waals surface area contributed by atoms with Gasteiger partial charge in [0.1, 0.15) is 0 Å². The maximum atomic E-state index is 9.14. The molecule has 16 saturated carbocycles. The summed E-state index contributed by atoms with van der Waals surface area (Å²) >= 11 is 0. The molecule has 16 aliphatic rings. The van der Waals surface area contributed by atoms with Crippen LogP contribution in [0, 0.1) is 107 Å². The van der Waals surface area contributed by atoms with Crippen molar-refractivity contribution in [2.24, 2.45) is 107 Å². The van der Waals surface area contributed by atoms with E-state index in [1.54, 1.807) is 0 Å². The first-order valence-corrected chi connectivity index (χ1v) is 60.4. The Morgan fingerprint density at radius 1 is 0.198 bits per heavy atom. The Hall–Kier alpha value is -0.240. The fourth-order valence-corrected chi connectivity index (χ4v) is 35.6. The number of rotatable bonds is 44. The molecule has 126 heavy (non-hydrogen) atoms. The molecule has 0 aromatic rings. The number of fused-ring (bicyclic) bond motifs is 2. The normalized spacial score (nSPS) is 42.6. The van der Waals surface area contributed by atoms with Crippen LogP contribution in [0.2, 0.25) is 0 Å². The van der Waals surface area contributed by atoms with Gasteiger partial charge in [0.2, 0.25) is 0 Å². The van der Waals surface area contributed by atoms with E-state index in [1.165, 1.54) is 501 Å². The number of hydrogen-bond donors (Lipinski definition) is 0. The second-order valence-electron chi connectivity index (χ2n) is 51.0. The van der Waals surface area contributed by atoms with Crippen LogP contribution in [-0.4, -0.2) is 117 Å². The second-order valence-corrected chi connectivity index (χ2v) is 51.0. The summed E-state index contributed by atoms with van der Waals surface area (Å²) in [4.78, 5) is 14.9. The molecule has 0 aromatic carbocycles. The zero-order valence-electron chi connectivity index (χ0n) is 85.4. The van der Waals surface area contributed by atoms with Crippen molar-refractivity contribution < 1.29 is 9.47 Å². The molecule has 0 aliphatic heterocycles. The molecule has 16 aliphatic carbocycles. The van der Waals surface area contributed by atoms with Crippen LogP contribution in [0.5, 0.6) is 0 Å². The average molecular weight is 1750 g/mol. The Kier molecular flexibility index (Phi) is 39.9. The molecular weight excluding hydrogens is 1530 g/mol. The lowest BCUT2D eigenvalue weighted by Gasteiger charge is -2.71. The van der Waals surface area contributed by atoms with Crippen molar-refractivity contribution in [1.82, 2.24) is 19.6 Å². The zero-order valence-corrected chi connectivity index (χ0v) is 85.4. The van der Waals surface area contributed by atoms with Crippen LogP contribution in [0.1, 0.15) is 556 Å². The maximum Gasteiger partial charge on any atom is 0.0628 e. The molecule has 0 amide bonds. The van der Waals surface area contributed by atoms with Gasteiger partial charge in [0.25, 0.3) is 0 Å². The van der Waals surface area contributed by atoms with Crippen LogP contribution < -0.4 is 0 Å². The molecule has 16 fully saturated rings. The van der Waals surface area contributed by atoms with Gasteiger partial charge < -0.3 is 9.47 Å². The molecule has 0 aromatic heterocycles. The van der Waals surface area contributed by atoms with E-state index in [9.17, 15) is 0 Å². The highest BCUT2D eigenvalue weighted by atomic mass is 16.5. The van der Waals surface area contributed by atoms with Crippen LogP contribution in [0.25, 0.3) is 0 Å². The minimum Gasteiger partial charge on any atom is -0.375 e. The highest BCUT2D eigenvalue weighted by Crippen LogP contribution is 2.67. The molecule has 0 spiro atoms. The molecule has 0 heterocycles.